The molecule has 2 amide bonds. The van der Waals surface area contributed by atoms with Crippen molar-refractivity contribution < 1.29 is 21.9 Å². The molecule has 4 N–H and O–H groups in total. The van der Waals surface area contributed by atoms with E-state index < -0.39 is 27.3 Å². The molecule has 0 fully saturated rings. The van der Waals surface area contributed by atoms with Crippen LogP contribution in [0, 0.1) is 4.78 Å². The third kappa shape index (κ3) is 4.41. The van der Waals surface area contributed by atoms with Gasteiger partial charge in [-0.2, -0.15) is 9.31 Å². The highest BCUT2D eigenvalue weighted by Crippen LogP contribution is 2.38. The van der Waals surface area contributed by atoms with Crippen LogP contribution in [0.5, 0.6) is 0 Å². The van der Waals surface area contributed by atoms with Gasteiger partial charge in [-0.05, 0) is 66.8 Å². The first-order chi connectivity index (χ1) is 14.3. The van der Waals surface area contributed by atoms with Crippen molar-refractivity contribution in [3.8, 4) is 0 Å². The molecular weight excluding hydrogens is 430 g/mol. The van der Waals surface area contributed by atoms with Crippen LogP contribution < -0.4 is 10.0 Å². The quantitative estimate of drug-likeness (QED) is 0.473. The lowest BCUT2D eigenvalue weighted by Crippen LogP contribution is -2.34. The summed E-state index contributed by atoms with van der Waals surface area (Å²) in [6.07, 6.45) is 7.37. The van der Waals surface area contributed by atoms with E-state index in [9.17, 15) is 13.2 Å². The molecule has 2 aliphatic carbocycles. The summed E-state index contributed by atoms with van der Waals surface area (Å²) < 4.78 is 48.0. The molecule has 12 heteroatoms. The van der Waals surface area contributed by atoms with Gasteiger partial charge in [-0.15, -0.1) is 0 Å². The molecule has 10 nitrogen and oxygen atoms in total. The Balaban J connectivity index is 1.46. The van der Waals surface area contributed by atoms with E-state index in [0.717, 1.165) is 55.3 Å². The Morgan fingerprint density at radius 3 is 2.57 bits per heavy atom. The molecule has 2 atom stereocenters. The Labute approximate surface area is 177 Å². The molecule has 2 aliphatic rings. The molecule has 4 rings (SSSR count). The van der Waals surface area contributed by atoms with Crippen molar-refractivity contribution in [1.82, 2.24) is 14.5 Å². The number of anilines is 1. The molecule has 1 heterocycles. The Morgan fingerprint density at radius 2 is 1.93 bits per heavy atom. The van der Waals surface area contributed by atoms with Gasteiger partial charge < -0.3 is 5.32 Å². The molecule has 1 aromatic carbocycles. The number of nitrogens with one attached hydrogen (secondary N) is 3. The molecule has 2 aromatic rings. The van der Waals surface area contributed by atoms with E-state index in [1.807, 2.05) is 0 Å². The molecule has 0 saturated carbocycles. The first kappa shape index (κ1) is 21.0. The van der Waals surface area contributed by atoms with Gasteiger partial charge in [0.25, 0.3) is 0 Å². The Morgan fingerprint density at radius 1 is 1.27 bits per heavy atom. The zero-order chi connectivity index (χ0) is 21.3. The van der Waals surface area contributed by atoms with Gasteiger partial charge >= 0.3 is 17.4 Å². The number of fused-ring (bicyclic) bond motifs is 2. The number of hydrogen-bond donors (Lipinski definition) is 4. The van der Waals surface area contributed by atoms with Gasteiger partial charge in [-0.25, -0.2) is 18.5 Å². The van der Waals surface area contributed by atoms with Gasteiger partial charge in [-0.1, -0.05) is 6.07 Å². The van der Waals surface area contributed by atoms with Gasteiger partial charge in [0.2, 0.25) is 0 Å². The highest BCUT2D eigenvalue weighted by atomic mass is 32.2. The number of rotatable bonds is 7. The molecular formula is C18H23N5O5S2. The molecule has 2 unspecified atom stereocenters. The second kappa shape index (κ2) is 8.46. The van der Waals surface area contributed by atoms with Gasteiger partial charge in [0.1, 0.15) is 0 Å². The average molecular weight is 454 g/mol. The van der Waals surface area contributed by atoms with Crippen molar-refractivity contribution in [3.63, 3.8) is 0 Å². The highest BCUT2D eigenvalue weighted by molar-refractivity contribution is 7.91. The lowest BCUT2D eigenvalue weighted by Gasteiger charge is -2.17. The minimum absolute atomic E-state index is 0.0818. The molecule has 0 aliphatic heterocycles. The predicted octanol–water partition coefficient (Wildman–Crippen LogP) is 2.16. The number of nitrogens with zero attached hydrogens (tertiary/aromatic N) is 2. The summed E-state index contributed by atoms with van der Waals surface area (Å²) in [5.41, 5.74) is 5.63. The van der Waals surface area contributed by atoms with Crippen molar-refractivity contribution in [2.45, 2.75) is 50.1 Å². The van der Waals surface area contributed by atoms with E-state index in [0.29, 0.717) is 0 Å². The Hall–Kier alpha value is -2.28. The summed E-state index contributed by atoms with van der Waals surface area (Å²) in [6.45, 7) is 0.0534. The van der Waals surface area contributed by atoms with Gasteiger partial charge in [-0.3, -0.25) is 13.4 Å². The first-order valence-corrected chi connectivity index (χ1v) is 12.2. The zero-order valence-corrected chi connectivity index (χ0v) is 17.8. The first-order valence-electron chi connectivity index (χ1n) is 9.65. The normalized spacial score (nSPS) is 17.8. The molecule has 0 saturated heterocycles. The van der Waals surface area contributed by atoms with E-state index in [2.05, 4.69) is 25.4 Å². The fourth-order valence-electron chi connectivity index (χ4n) is 4.11. The van der Waals surface area contributed by atoms with E-state index in [-0.39, 0.29) is 18.2 Å². The topological polar surface area (TPSA) is 146 Å². The predicted molar refractivity (Wildman–Crippen MR) is 111 cm³/mol. The SMILES string of the molecule is N=S(=O)(NC(=O)Nc1c2c(cc3c1CCC3)CCC2)c1ccn(CCOS(=O)O)n1. The second-order valence-electron chi connectivity index (χ2n) is 7.30. The minimum atomic E-state index is -3.67. The van der Waals surface area contributed by atoms with Crippen LogP contribution >= 0.6 is 0 Å². The monoisotopic (exact) mass is 453 g/mol. The maximum absolute atomic E-state index is 12.8. The van der Waals surface area contributed by atoms with Crippen molar-refractivity contribution in [1.29, 1.82) is 4.78 Å². The van der Waals surface area contributed by atoms with Crippen LogP contribution in [0.15, 0.2) is 23.4 Å². The maximum Gasteiger partial charge on any atom is 0.332 e. The maximum atomic E-state index is 12.8. The summed E-state index contributed by atoms with van der Waals surface area (Å²) in [7, 11) is -3.67. The third-order valence-corrected chi connectivity index (χ3v) is 7.01. The smallest absolute Gasteiger partial charge is 0.307 e. The highest BCUT2D eigenvalue weighted by Gasteiger charge is 2.26. The summed E-state index contributed by atoms with van der Waals surface area (Å²) in [5.74, 6) is 0. The van der Waals surface area contributed by atoms with Crippen molar-refractivity contribution in [2.24, 2.45) is 0 Å². The van der Waals surface area contributed by atoms with E-state index in [1.165, 1.54) is 28.1 Å². The average Bonchev–Trinajstić information content (AvgIpc) is 3.41. The number of carbonyl (C=O) groups is 1. The van der Waals surface area contributed by atoms with Crippen molar-refractivity contribution in [3.05, 3.63) is 40.6 Å². The largest absolute Gasteiger partial charge is 0.332 e. The second-order valence-corrected chi connectivity index (χ2v) is 9.71. The molecule has 0 radical (unpaired) electrons. The van der Waals surface area contributed by atoms with E-state index in [1.54, 1.807) is 0 Å². The zero-order valence-electron chi connectivity index (χ0n) is 16.2. The van der Waals surface area contributed by atoms with Gasteiger partial charge in [0, 0.05) is 11.9 Å². The van der Waals surface area contributed by atoms with Crippen LogP contribution in [0.2, 0.25) is 0 Å². The fraction of sp³-hybridized carbons (Fsp3) is 0.444. The molecule has 162 valence electrons. The van der Waals surface area contributed by atoms with E-state index >= 15 is 0 Å². The van der Waals surface area contributed by atoms with Gasteiger partial charge in [0.05, 0.1) is 13.2 Å². The number of benzene rings is 1. The number of aromatic nitrogens is 2. The summed E-state index contributed by atoms with van der Waals surface area (Å²) >= 11 is -2.38. The van der Waals surface area contributed by atoms with Crippen LogP contribution in [-0.2, 0) is 57.7 Å². The summed E-state index contributed by atoms with van der Waals surface area (Å²) in [4.78, 5) is 12.6. The molecule has 0 spiro atoms. The lowest BCUT2D eigenvalue weighted by atomic mass is 9.99. The van der Waals surface area contributed by atoms with E-state index in [4.69, 9.17) is 9.33 Å². The lowest BCUT2D eigenvalue weighted by molar-refractivity contribution is 0.256. The molecule has 30 heavy (non-hydrogen) atoms. The number of carbonyl (C=O) groups excluding carboxylic acids is 1. The summed E-state index contributed by atoms with van der Waals surface area (Å²) in [6, 6.07) is 2.92. The minimum Gasteiger partial charge on any atom is -0.307 e. The number of aryl methyl sites for hydroxylation is 2. The number of hydrogen-bond acceptors (Lipinski definition) is 6. The van der Waals surface area contributed by atoms with Crippen molar-refractivity contribution in [2.75, 3.05) is 11.9 Å². The summed E-state index contributed by atoms with van der Waals surface area (Å²) in [5, 5.41) is 6.76. The van der Waals surface area contributed by atoms with Crippen LogP contribution in [0.3, 0.4) is 0 Å². The van der Waals surface area contributed by atoms with Crippen LogP contribution in [0.25, 0.3) is 0 Å². The third-order valence-electron chi connectivity index (χ3n) is 5.36. The number of amides is 2. The molecule has 1 aromatic heterocycles. The Kier molecular flexibility index (Phi) is 5.91. The van der Waals surface area contributed by atoms with Crippen LogP contribution in [0.1, 0.15) is 35.1 Å². The van der Waals surface area contributed by atoms with Crippen LogP contribution in [0.4, 0.5) is 10.5 Å². The van der Waals surface area contributed by atoms with Crippen LogP contribution in [-0.4, -0.2) is 35.4 Å². The fourth-order valence-corrected chi connectivity index (χ4v) is 5.22. The van der Waals surface area contributed by atoms with Gasteiger partial charge in [0.15, 0.2) is 14.9 Å². The standard InChI is InChI=1S/C18H23N5O5S2/c19-30(27,16-7-8-23(21-16)9-10-28-29(25)26)22-18(24)20-17-14-5-1-3-12(14)11-13-4-2-6-15(13)17/h7-8,11H,1-6,9-10H2,(H,25,26)(H3,19,20,22,24,27). The van der Waals surface area contributed by atoms with Crippen molar-refractivity contribution >= 4 is 33.0 Å². The Bertz CT molecular complexity index is 1080. The molecule has 0 bridgehead atoms. The number of urea groups is 1.